The van der Waals surface area contributed by atoms with Gasteiger partial charge in [0.2, 0.25) is 11.8 Å². The van der Waals surface area contributed by atoms with Gasteiger partial charge in [0.1, 0.15) is 0 Å². The fourth-order valence-corrected chi connectivity index (χ4v) is 9.31. The third-order valence-corrected chi connectivity index (χ3v) is 12.4. The Balaban J connectivity index is 0.935. The zero-order valence-electron chi connectivity index (χ0n) is 34.8. The van der Waals surface area contributed by atoms with E-state index in [0.29, 0.717) is 11.8 Å². The number of benzene rings is 10. The molecule has 10 aromatic carbocycles. The van der Waals surface area contributed by atoms with Gasteiger partial charge in [0, 0.05) is 27.6 Å². The molecule has 0 aliphatic carbocycles. The molecule has 0 saturated carbocycles. The molecule has 300 valence electrons. The fraction of sp³-hybridized carbons (Fsp3) is 0. The maximum atomic E-state index is 6.08. The van der Waals surface area contributed by atoms with Gasteiger partial charge in [-0.2, -0.15) is 0 Å². The smallest absolute Gasteiger partial charge is 0.248 e. The van der Waals surface area contributed by atoms with Crippen molar-refractivity contribution in [3.8, 4) is 84.2 Å². The lowest BCUT2D eigenvalue weighted by atomic mass is 9.89. The summed E-state index contributed by atoms with van der Waals surface area (Å²) in [6, 6.07) is 84.4. The van der Waals surface area contributed by atoms with Gasteiger partial charge in [0.15, 0.2) is 0 Å². The average molecular weight is 818 g/mol. The second-order valence-corrected chi connectivity index (χ2v) is 16.2. The van der Waals surface area contributed by atoms with E-state index in [-0.39, 0.29) is 0 Å². The van der Waals surface area contributed by atoms with Crippen LogP contribution in [-0.4, -0.2) is 14.8 Å². The molecule has 0 fully saturated rings. The summed E-state index contributed by atoms with van der Waals surface area (Å²) in [6.45, 7) is 0. The van der Waals surface area contributed by atoms with Crippen molar-refractivity contribution >= 4 is 32.6 Å². The minimum atomic E-state index is 0.495. The Morgan fingerprint density at radius 1 is 0.281 bits per heavy atom. The number of hydrogen-bond acceptors (Lipinski definition) is 3. The van der Waals surface area contributed by atoms with Gasteiger partial charge >= 0.3 is 0 Å². The van der Waals surface area contributed by atoms with E-state index >= 15 is 0 Å². The van der Waals surface area contributed by atoms with Crippen LogP contribution in [0.1, 0.15) is 0 Å². The molecule has 2 aromatic heterocycles. The first-order valence-electron chi connectivity index (χ1n) is 21.6. The van der Waals surface area contributed by atoms with Crippen LogP contribution in [0.4, 0.5) is 0 Å². The number of fused-ring (bicyclic) bond motifs is 4. The van der Waals surface area contributed by atoms with Crippen molar-refractivity contribution in [1.82, 2.24) is 14.8 Å². The molecule has 12 aromatic rings. The van der Waals surface area contributed by atoms with Gasteiger partial charge in [-0.1, -0.05) is 176 Å². The lowest BCUT2D eigenvalue weighted by Crippen LogP contribution is -1.93. The summed E-state index contributed by atoms with van der Waals surface area (Å²) < 4.78 is 8.47. The van der Waals surface area contributed by atoms with Gasteiger partial charge in [0.05, 0.1) is 11.0 Å². The Bertz CT molecular complexity index is 3640. The number of hydrogen-bond donors (Lipinski definition) is 0. The predicted octanol–water partition coefficient (Wildman–Crippen LogP) is 16.0. The van der Waals surface area contributed by atoms with E-state index in [1.165, 1.54) is 66.0 Å². The Morgan fingerprint density at radius 2 is 0.719 bits per heavy atom. The number of rotatable bonds is 8. The Hall–Kier alpha value is -8.60. The molecule has 4 nitrogen and oxygen atoms in total. The maximum Gasteiger partial charge on any atom is 0.248 e. The summed E-state index contributed by atoms with van der Waals surface area (Å²) in [5, 5.41) is 13.6. The van der Waals surface area contributed by atoms with E-state index in [0.717, 1.165) is 39.1 Å². The Kier molecular flexibility index (Phi) is 9.12. The number of aromatic nitrogens is 3. The van der Waals surface area contributed by atoms with Crippen LogP contribution in [0.2, 0.25) is 0 Å². The van der Waals surface area contributed by atoms with Gasteiger partial charge in [-0.25, -0.2) is 0 Å². The summed E-state index contributed by atoms with van der Waals surface area (Å²) in [5.41, 5.74) is 17.0. The standard InChI is InChI=1S/C60H39N3O/c1-3-15-44(16-4-1)59-61-62-60(64-59)45-32-30-43(31-33-45)51-21-9-11-23-53(51)54-24-12-10-22-52(54)47-35-37-58-56(39-47)55-38-46(34-36-57(55)63(58)48-18-5-2-6-19-48)40-26-28-42(29-27-40)50-25-13-17-41-14-7-8-20-49(41)50/h1-39H. The number of para-hydroxylation sites is 1. The van der Waals surface area contributed by atoms with E-state index in [4.69, 9.17) is 4.42 Å². The van der Waals surface area contributed by atoms with Crippen molar-refractivity contribution < 1.29 is 4.42 Å². The molecular weight excluding hydrogens is 779 g/mol. The van der Waals surface area contributed by atoms with E-state index < -0.39 is 0 Å². The third kappa shape index (κ3) is 6.57. The summed E-state index contributed by atoms with van der Waals surface area (Å²) in [7, 11) is 0. The first-order chi connectivity index (χ1) is 31.7. The van der Waals surface area contributed by atoms with Crippen LogP contribution >= 0.6 is 0 Å². The van der Waals surface area contributed by atoms with Crippen LogP contribution in [0, 0.1) is 0 Å². The molecule has 0 saturated heterocycles. The second-order valence-electron chi connectivity index (χ2n) is 16.2. The first-order valence-corrected chi connectivity index (χ1v) is 21.6. The van der Waals surface area contributed by atoms with Gasteiger partial charge in [0.25, 0.3) is 0 Å². The molecule has 0 unspecified atom stereocenters. The molecule has 0 aliphatic heterocycles. The third-order valence-electron chi connectivity index (χ3n) is 12.4. The highest BCUT2D eigenvalue weighted by Gasteiger charge is 2.18. The predicted molar refractivity (Wildman–Crippen MR) is 264 cm³/mol. The van der Waals surface area contributed by atoms with Gasteiger partial charge in [-0.3, -0.25) is 0 Å². The molecular formula is C60H39N3O. The maximum absolute atomic E-state index is 6.08. The molecule has 4 heteroatoms. The van der Waals surface area contributed by atoms with Gasteiger partial charge in [-0.05, 0) is 127 Å². The Morgan fingerprint density at radius 3 is 1.39 bits per heavy atom. The van der Waals surface area contributed by atoms with Crippen LogP contribution in [-0.2, 0) is 0 Å². The highest BCUT2D eigenvalue weighted by molar-refractivity contribution is 6.12. The Labute approximate surface area is 371 Å². The summed E-state index contributed by atoms with van der Waals surface area (Å²) in [6.07, 6.45) is 0. The van der Waals surface area contributed by atoms with Crippen LogP contribution in [0.25, 0.3) is 117 Å². The molecule has 2 heterocycles. The van der Waals surface area contributed by atoms with Crippen molar-refractivity contribution in [2.45, 2.75) is 0 Å². The molecule has 0 atom stereocenters. The largest absolute Gasteiger partial charge is 0.416 e. The average Bonchev–Trinajstić information content (AvgIpc) is 4.00. The topological polar surface area (TPSA) is 43.9 Å². The van der Waals surface area contributed by atoms with E-state index in [1.54, 1.807) is 0 Å². The monoisotopic (exact) mass is 817 g/mol. The summed E-state index contributed by atoms with van der Waals surface area (Å²) in [5.74, 6) is 1.00. The molecule has 64 heavy (non-hydrogen) atoms. The lowest BCUT2D eigenvalue weighted by Gasteiger charge is -2.15. The number of nitrogens with zero attached hydrogens (tertiary/aromatic N) is 3. The summed E-state index contributed by atoms with van der Waals surface area (Å²) >= 11 is 0. The minimum Gasteiger partial charge on any atom is -0.416 e. The molecule has 0 aliphatic rings. The fourth-order valence-electron chi connectivity index (χ4n) is 9.31. The SMILES string of the molecule is c1ccc(-c2nnc(-c3ccc(-c4ccccc4-c4ccccc4-c4ccc5c(c4)c4cc(-c6ccc(-c7cccc8ccccc78)cc6)ccc4n5-c4ccccc4)cc3)o2)cc1. The van der Waals surface area contributed by atoms with E-state index in [9.17, 15) is 0 Å². The zero-order valence-corrected chi connectivity index (χ0v) is 34.8. The normalized spacial score (nSPS) is 11.4. The van der Waals surface area contributed by atoms with Crippen LogP contribution in [0.3, 0.4) is 0 Å². The quantitative estimate of drug-likeness (QED) is 0.153. The van der Waals surface area contributed by atoms with Crippen molar-refractivity contribution in [3.63, 3.8) is 0 Å². The van der Waals surface area contributed by atoms with Crippen LogP contribution in [0.5, 0.6) is 0 Å². The molecule has 0 spiro atoms. The van der Waals surface area contributed by atoms with Crippen LogP contribution < -0.4 is 0 Å². The highest BCUT2D eigenvalue weighted by Crippen LogP contribution is 2.42. The molecule has 0 amide bonds. The first kappa shape index (κ1) is 37.2. The molecule has 0 radical (unpaired) electrons. The van der Waals surface area contributed by atoms with Crippen molar-refractivity contribution in [3.05, 3.63) is 237 Å². The second kappa shape index (κ2) is 15.7. The van der Waals surface area contributed by atoms with Gasteiger partial charge in [-0.15, -0.1) is 10.2 Å². The van der Waals surface area contributed by atoms with Crippen molar-refractivity contribution in [2.24, 2.45) is 0 Å². The highest BCUT2D eigenvalue weighted by atomic mass is 16.4. The lowest BCUT2D eigenvalue weighted by molar-refractivity contribution is 0.584. The zero-order chi connectivity index (χ0) is 42.4. The van der Waals surface area contributed by atoms with E-state index in [1.807, 2.05) is 30.3 Å². The van der Waals surface area contributed by atoms with E-state index in [2.05, 4.69) is 221 Å². The van der Waals surface area contributed by atoms with Crippen molar-refractivity contribution in [1.29, 1.82) is 0 Å². The molecule has 0 bridgehead atoms. The van der Waals surface area contributed by atoms with Crippen LogP contribution in [0.15, 0.2) is 241 Å². The molecule has 12 rings (SSSR count). The van der Waals surface area contributed by atoms with Crippen molar-refractivity contribution in [2.75, 3.05) is 0 Å². The molecule has 0 N–H and O–H groups in total. The minimum absolute atomic E-state index is 0.495. The van der Waals surface area contributed by atoms with Gasteiger partial charge < -0.3 is 8.98 Å². The summed E-state index contributed by atoms with van der Waals surface area (Å²) in [4.78, 5) is 0.